The fourth-order valence-corrected chi connectivity index (χ4v) is 4.41. The Bertz CT molecular complexity index is 716. The number of alkyl carbamates (subject to hydrolysis) is 1. The molecule has 2 atom stereocenters. The van der Waals surface area contributed by atoms with Crippen molar-refractivity contribution in [3.63, 3.8) is 0 Å². The first-order valence-electron chi connectivity index (χ1n) is 10.2. The number of thioether (sulfide) groups is 1. The fourth-order valence-electron chi connectivity index (χ4n) is 2.56. The van der Waals surface area contributed by atoms with Gasteiger partial charge in [-0.15, -0.1) is 11.8 Å². The number of aliphatic hydroxyl groups excluding tert-OH is 1. The zero-order valence-electron chi connectivity index (χ0n) is 19.8. The van der Waals surface area contributed by atoms with Crippen molar-refractivity contribution < 1.29 is 23.5 Å². The van der Waals surface area contributed by atoms with Crippen LogP contribution in [0.4, 0.5) is 9.18 Å². The Labute approximate surface area is 186 Å². The van der Waals surface area contributed by atoms with Crippen LogP contribution in [0.5, 0.6) is 0 Å². The van der Waals surface area contributed by atoms with E-state index in [0.717, 1.165) is 4.90 Å². The maximum atomic E-state index is 13.9. The van der Waals surface area contributed by atoms with E-state index < -0.39 is 32.2 Å². The lowest BCUT2D eigenvalue weighted by molar-refractivity contribution is 0.0453. The first-order valence-corrected chi connectivity index (χ1v) is 14.3. The Hall–Kier alpha value is -1.09. The van der Waals surface area contributed by atoms with E-state index in [-0.39, 0.29) is 23.8 Å². The van der Waals surface area contributed by atoms with Crippen molar-refractivity contribution in [3.05, 3.63) is 29.6 Å². The molecule has 2 N–H and O–H groups in total. The number of carbonyl (C=O) groups excluding carboxylic acids is 1. The van der Waals surface area contributed by atoms with Crippen LogP contribution in [-0.2, 0) is 9.16 Å². The van der Waals surface area contributed by atoms with Gasteiger partial charge in [-0.1, -0.05) is 20.8 Å². The van der Waals surface area contributed by atoms with Gasteiger partial charge in [-0.2, -0.15) is 0 Å². The van der Waals surface area contributed by atoms with Gasteiger partial charge in [-0.25, -0.2) is 9.18 Å². The molecule has 1 aromatic rings. The van der Waals surface area contributed by atoms with Crippen LogP contribution in [-0.4, -0.2) is 44.0 Å². The molecule has 8 heteroatoms. The molecule has 0 spiro atoms. The van der Waals surface area contributed by atoms with Crippen LogP contribution >= 0.6 is 11.8 Å². The van der Waals surface area contributed by atoms with E-state index in [1.54, 1.807) is 26.8 Å². The summed E-state index contributed by atoms with van der Waals surface area (Å²) < 4.78 is 25.7. The zero-order chi connectivity index (χ0) is 23.3. The summed E-state index contributed by atoms with van der Waals surface area (Å²) in [6.07, 6.45) is 0.214. The van der Waals surface area contributed by atoms with Gasteiger partial charge in [0.25, 0.3) is 0 Å². The van der Waals surface area contributed by atoms with Crippen molar-refractivity contribution in [2.45, 2.75) is 88.8 Å². The summed E-state index contributed by atoms with van der Waals surface area (Å²) in [5.41, 5.74) is -0.102. The topological polar surface area (TPSA) is 67.8 Å². The van der Waals surface area contributed by atoms with Gasteiger partial charge in [-0.3, -0.25) is 0 Å². The quantitative estimate of drug-likeness (QED) is 0.375. The van der Waals surface area contributed by atoms with Crippen LogP contribution in [0.2, 0.25) is 18.1 Å². The van der Waals surface area contributed by atoms with E-state index >= 15 is 0 Å². The van der Waals surface area contributed by atoms with Crippen molar-refractivity contribution in [3.8, 4) is 0 Å². The Morgan fingerprint density at radius 2 is 1.80 bits per heavy atom. The molecule has 1 rings (SSSR count). The average Bonchev–Trinajstić information content (AvgIpc) is 2.56. The van der Waals surface area contributed by atoms with Gasteiger partial charge in [0.2, 0.25) is 0 Å². The Balaban J connectivity index is 2.99. The van der Waals surface area contributed by atoms with Gasteiger partial charge in [-0.05, 0) is 68.9 Å². The highest BCUT2D eigenvalue weighted by Gasteiger charge is 2.39. The monoisotopic (exact) mass is 459 g/mol. The van der Waals surface area contributed by atoms with E-state index in [0.29, 0.717) is 5.56 Å². The van der Waals surface area contributed by atoms with Crippen molar-refractivity contribution in [2.75, 3.05) is 12.8 Å². The van der Waals surface area contributed by atoms with Crippen LogP contribution in [0.3, 0.4) is 0 Å². The molecule has 1 unspecified atom stereocenters. The fraction of sp³-hybridized carbons (Fsp3) is 0.682. The number of nitrogens with one attached hydrogen (secondary N) is 1. The molecular formula is C22H38FNO4SSi. The van der Waals surface area contributed by atoms with E-state index in [1.807, 2.05) is 6.26 Å². The second kappa shape index (κ2) is 10.5. The van der Waals surface area contributed by atoms with Gasteiger partial charge in [0.05, 0.1) is 12.2 Å². The molecular weight excluding hydrogens is 421 g/mol. The van der Waals surface area contributed by atoms with Crippen molar-refractivity contribution in [1.82, 2.24) is 5.32 Å². The van der Waals surface area contributed by atoms with Gasteiger partial charge in [0, 0.05) is 17.9 Å². The maximum Gasteiger partial charge on any atom is 0.407 e. The van der Waals surface area contributed by atoms with E-state index in [4.69, 9.17) is 9.16 Å². The predicted octanol–water partition coefficient (Wildman–Crippen LogP) is 5.89. The number of amides is 1. The van der Waals surface area contributed by atoms with E-state index in [9.17, 15) is 14.3 Å². The van der Waals surface area contributed by atoms with Crippen LogP contribution in [0.15, 0.2) is 23.1 Å². The minimum Gasteiger partial charge on any atom is -0.444 e. The molecule has 1 aromatic carbocycles. The molecule has 0 heterocycles. The van der Waals surface area contributed by atoms with E-state index in [2.05, 4.69) is 39.2 Å². The summed E-state index contributed by atoms with van der Waals surface area (Å²) in [6, 6.07) is 4.56. The third-order valence-corrected chi connectivity index (χ3v) is 10.4. The molecule has 0 saturated carbocycles. The number of carbonyl (C=O) groups is 1. The number of aliphatic hydroxyl groups is 1. The Morgan fingerprint density at radius 1 is 1.20 bits per heavy atom. The Kier molecular flexibility index (Phi) is 9.41. The summed E-state index contributed by atoms with van der Waals surface area (Å²) in [5.74, 6) is -0.385. The highest BCUT2D eigenvalue weighted by molar-refractivity contribution is 7.98. The lowest BCUT2D eigenvalue weighted by Gasteiger charge is -2.40. The number of ether oxygens (including phenoxy) is 1. The minimum atomic E-state index is -2.16. The van der Waals surface area contributed by atoms with Crippen molar-refractivity contribution >= 4 is 26.2 Å². The molecule has 0 aliphatic carbocycles. The molecule has 30 heavy (non-hydrogen) atoms. The molecule has 1 amide bonds. The molecule has 0 aliphatic heterocycles. The molecule has 0 saturated heterocycles. The first-order chi connectivity index (χ1) is 13.5. The van der Waals surface area contributed by atoms with Crippen LogP contribution in [0.25, 0.3) is 0 Å². The second-order valence-corrected chi connectivity index (χ2v) is 15.7. The number of benzene rings is 1. The molecule has 0 radical (unpaired) electrons. The summed E-state index contributed by atoms with van der Waals surface area (Å²) in [6.45, 7) is 16.2. The first kappa shape index (κ1) is 26.9. The average molecular weight is 460 g/mol. The van der Waals surface area contributed by atoms with Crippen LogP contribution in [0.1, 0.15) is 59.6 Å². The van der Waals surface area contributed by atoms with Crippen molar-refractivity contribution in [2.24, 2.45) is 0 Å². The molecule has 172 valence electrons. The third-order valence-electron chi connectivity index (χ3n) is 5.14. The van der Waals surface area contributed by atoms with E-state index in [1.165, 1.54) is 23.9 Å². The van der Waals surface area contributed by atoms with Gasteiger partial charge in [0.15, 0.2) is 8.32 Å². The zero-order valence-corrected chi connectivity index (χ0v) is 21.6. The summed E-state index contributed by atoms with van der Waals surface area (Å²) in [7, 11) is -2.16. The largest absolute Gasteiger partial charge is 0.444 e. The smallest absolute Gasteiger partial charge is 0.407 e. The third kappa shape index (κ3) is 8.96. The summed E-state index contributed by atoms with van der Waals surface area (Å²) in [4.78, 5) is 12.9. The SMILES string of the molecule is CSc1cc(F)cc([C@@H](O)CC(CNC(=O)OC(C)(C)C)O[Si](C)(C)C(C)(C)C)c1. The Morgan fingerprint density at radius 3 is 2.30 bits per heavy atom. The number of hydrogen-bond donors (Lipinski definition) is 2. The highest BCUT2D eigenvalue weighted by Crippen LogP contribution is 2.38. The number of halogens is 1. The molecule has 0 aliphatic rings. The minimum absolute atomic E-state index is 0.0347. The molecule has 5 nitrogen and oxygen atoms in total. The number of rotatable bonds is 8. The van der Waals surface area contributed by atoms with Crippen LogP contribution in [0, 0.1) is 5.82 Å². The molecule has 0 fully saturated rings. The van der Waals surface area contributed by atoms with Crippen LogP contribution < -0.4 is 5.32 Å². The standard InChI is InChI=1S/C22H38FNO4SSi/c1-21(2,3)27-20(26)24-14-17(28-30(8,9)22(4,5)6)13-19(25)15-10-16(23)12-18(11-15)29-7/h10-12,17,19,25H,13-14H2,1-9H3,(H,24,26)/t17?,19-/m0/s1. The predicted molar refractivity (Wildman–Crippen MR) is 124 cm³/mol. The lowest BCUT2D eigenvalue weighted by Crippen LogP contribution is -2.47. The second-order valence-electron chi connectivity index (χ2n) is 10.1. The lowest BCUT2D eigenvalue weighted by atomic mass is 10.0. The molecule has 0 bridgehead atoms. The van der Waals surface area contributed by atoms with Gasteiger partial charge in [0.1, 0.15) is 11.4 Å². The van der Waals surface area contributed by atoms with Crippen molar-refractivity contribution in [1.29, 1.82) is 0 Å². The normalized spacial score (nSPS) is 14.9. The van der Waals surface area contributed by atoms with Gasteiger partial charge >= 0.3 is 6.09 Å². The van der Waals surface area contributed by atoms with Gasteiger partial charge < -0.3 is 19.6 Å². The number of hydrogen-bond acceptors (Lipinski definition) is 5. The maximum absolute atomic E-state index is 13.9. The highest BCUT2D eigenvalue weighted by atomic mass is 32.2. The molecule has 0 aromatic heterocycles. The summed E-state index contributed by atoms with van der Waals surface area (Å²) in [5, 5.41) is 13.5. The summed E-state index contributed by atoms with van der Waals surface area (Å²) >= 11 is 1.42.